The van der Waals surface area contributed by atoms with E-state index in [1.807, 2.05) is 91.3 Å². The number of rotatable bonds is 3. The van der Waals surface area contributed by atoms with Gasteiger partial charge in [-0.2, -0.15) is 0 Å². The van der Waals surface area contributed by atoms with Crippen molar-refractivity contribution in [3.05, 3.63) is 97.7 Å². The minimum absolute atomic E-state index is 0.110. The molecule has 0 unspecified atom stereocenters. The van der Waals surface area contributed by atoms with E-state index < -0.39 is 0 Å². The van der Waals surface area contributed by atoms with E-state index in [4.69, 9.17) is 16.6 Å². The standard InChI is InChI=1S/C26H23ClN5O2S2/c1-4-31-23(33)21(19-12-8-9-15-29(19)2)35-25(31)22-24(34)32(18-10-6-5-7-11-18)26(36-22)28-20-14-13-17(27)16-30(20)3/h5-16H,4H2,1-3H3/q+1. The van der Waals surface area contributed by atoms with Crippen molar-refractivity contribution in [3.63, 3.8) is 0 Å². The van der Waals surface area contributed by atoms with Crippen molar-refractivity contribution in [2.24, 2.45) is 12.0 Å². The van der Waals surface area contributed by atoms with Gasteiger partial charge in [-0.1, -0.05) is 35.9 Å². The van der Waals surface area contributed by atoms with Crippen molar-refractivity contribution in [3.8, 4) is 0 Å². The molecule has 10 heteroatoms. The van der Waals surface area contributed by atoms with E-state index in [-0.39, 0.29) is 11.5 Å². The highest BCUT2D eigenvalue weighted by Gasteiger charge is 2.40. The smallest absolute Gasteiger partial charge is 0.326 e. The van der Waals surface area contributed by atoms with E-state index in [9.17, 15) is 9.59 Å². The molecule has 1 saturated heterocycles. The summed E-state index contributed by atoms with van der Waals surface area (Å²) in [7, 11) is 3.76. The van der Waals surface area contributed by atoms with Crippen LogP contribution in [0.3, 0.4) is 0 Å². The molecular weight excluding hydrogens is 514 g/mol. The maximum Gasteiger partial charge on any atom is 0.326 e. The zero-order valence-electron chi connectivity index (χ0n) is 19.9. The van der Waals surface area contributed by atoms with E-state index >= 15 is 0 Å². The molecule has 0 bridgehead atoms. The molecule has 4 heterocycles. The fraction of sp³-hybridized carbons (Fsp3) is 0.154. The van der Waals surface area contributed by atoms with Gasteiger partial charge in [-0.25, -0.2) is 9.47 Å². The fourth-order valence-corrected chi connectivity index (χ4v) is 6.60. The number of anilines is 1. The first-order valence-corrected chi connectivity index (χ1v) is 13.3. The number of para-hydroxylation sites is 1. The number of amides is 1. The first-order chi connectivity index (χ1) is 17.4. The largest absolute Gasteiger partial charge is 0.350 e. The van der Waals surface area contributed by atoms with Crippen molar-refractivity contribution in [2.45, 2.75) is 13.5 Å². The molecule has 182 valence electrons. The average Bonchev–Trinajstić information content (AvgIpc) is 3.37. The second-order valence-electron chi connectivity index (χ2n) is 8.10. The summed E-state index contributed by atoms with van der Waals surface area (Å²) in [6.45, 7) is 2.36. The number of thioether (sulfide) groups is 1. The molecule has 36 heavy (non-hydrogen) atoms. The van der Waals surface area contributed by atoms with Crippen LogP contribution in [-0.2, 0) is 18.4 Å². The van der Waals surface area contributed by atoms with Crippen molar-refractivity contribution in [1.82, 2.24) is 9.47 Å². The van der Waals surface area contributed by atoms with E-state index in [0.29, 0.717) is 42.3 Å². The fourth-order valence-electron chi connectivity index (χ4n) is 3.95. The molecule has 1 fully saturated rings. The van der Waals surface area contributed by atoms with Crippen LogP contribution in [0.25, 0.3) is 10.6 Å². The lowest BCUT2D eigenvalue weighted by Crippen LogP contribution is -2.35. The van der Waals surface area contributed by atoms with Crippen LogP contribution >= 0.6 is 34.7 Å². The molecule has 0 saturated carbocycles. The predicted octanol–water partition coefficient (Wildman–Crippen LogP) is 3.11. The van der Waals surface area contributed by atoms with Crippen LogP contribution in [0.1, 0.15) is 6.92 Å². The van der Waals surface area contributed by atoms with Crippen LogP contribution in [0.5, 0.6) is 0 Å². The number of carbonyl (C=O) groups excluding carboxylic acids is 1. The molecule has 0 N–H and O–H groups in total. The summed E-state index contributed by atoms with van der Waals surface area (Å²) in [5.74, 6) is 0.432. The van der Waals surface area contributed by atoms with E-state index in [1.165, 1.54) is 23.1 Å². The van der Waals surface area contributed by atoms with Crippen molar-refractivity contribution in [2.75, 3.05) is 11.9 Å². The van der Waals surface area contributed by atoms with Crippen LogP contribution in [0.2, 0.25) is 5.02 Å². The van der Waals surface area contributed by atoms with Crippen LogP contribution in [0, 0.1) is 0 Å². The van der Waals surface area contributed by atoms with Gasteiger partial charge < -0.3 is 4.90 Å². The van der Waals surface area contributed by atoms with Crippen LogP contribution in [0.15, 0.2) is 82.9 Å². The number of halogens is 1. The lowest BCUT2D eigenvalue weighted by molar-refractivity contribution is -0.658. The van der Waals surface area contributed by atoms with Gasteiger partial charge >= 0.3 is 5.82 Å². The van der Waals surface area contributed by atoms with Crippen molar-refractivity contribution < 1.29 is 9.36 Å². The summed E-state index contributed by atoms with van der Waals surface area (Å²) in [5.41, 5.74) is 1.40. The van der Waals surface area contributed by atoms with E-state index in [1.54, 1.807) is 21.7 Å². The second-order valence-corrected chi connectivity index (χ2v) is 10.5. The third-order valence-corrected chi connectivity index (χ3v) is 8.34. The second kappa shape index (κ2) is 9.93. The average molecular weight is 537 g/mol. The minimum atomic E-state index is -0.214. The molecule has 2 aromatic heterocycles. The molecule has 1 aromatic carbocycles. The Balaban J connectivity index is 1.76. The molecule has 2 aliphatic heterocycles. The Hall–Kier alpha value is -3.40. The molecule has 0 aliphatic carbocycles. The highest BCUT2D eigenvalue weighted by molar-refractivity contribution is 8.23. The van der Waals surface area contributed by atoms with Crippen molar-refractivity contribution >= 4 is 67.9 Å². The lowest BCUT2D eigenvalue weighted by Gasteiger charge is -2.16. The Morgan fingerprint density at radius 1 is 1.08 bits per heavy atom. The summed E-state index contributed by atoms with van der Waals surface area (Å²) in [6.07, 6.45) is 9.40. The normalized spacial score (nSPS) is 19.7. The number of amidine groups is 1. The molecule has 0 radical (unpaired) electrons. The van der Waals surface area contributed by atoms with E-state index in [0.717, 1.165) is 5.70 Å². The first kappa shape index (κ1) is 24.3. The summed E-state index contributed by atoms with van der Waals surface area (Å²) >= 11 is 8.73. The maximum atomic E-state index is 13.9. The number of carbonyl (C=O) groups is 1. The lowest BCUT2D eigenvalue weighted by atomic mass is 10.3. The van der Waals surface area contributed by atoms with Crippen LogP contribution in [-0.4, -0.2) is 27.6 Å². The monoisotopic (exact) mass is 536 g/mol. The van der Waals surface area contributed by atoms with Gasteiger partial charge in [0.25, 0.3) is 16.6 Å². The number of likely N-dealkylation sites (N-methyl/N-ethyl adjacent to an activating group) is 1. The van der Waals surface area contributed by atoms with Crippen LogP contribution < -0.4 is 24.2 Å². The van der Waals surface area contributed by atoms with Gasteiger partial charge in [0.05, 0.1) is 23.5 Å². The zero-order valence-corrected chi connectivity index (χ0v) is 22.3. The number of hydrogen-bond acceptors (Lipinski definition) is 6. The Bertz CT molecular complexity index is 1640. The number of hydrogen-bond donors (Lipinski definition) is 0. The number of thiazole rings is 1. The number of nitrogens with zero attached hydrogens (tertiary/aromatic N) is 5. The number of aromatic nitrogens is 2. The van der Waals surface area contributed by atoms with Gasteiger partial charge in [-0.05, 0) is 54.0 Å². The molecule has 1 amide bonds. The summed E-state index contributed by atoms with van der Waals surface area (Å²) in [4.78, 5) is 36.1. The van der Waals surface area contributed by atoms with Crippen molar-refractivity contribution in [1.29, 1.82) is 0 Å². The van der Waals surface area contributed by atoms with Gasteiger partial charge in [-0.3, -0.25) is 14.2 Å². The molecular formula is C26H23ClN5O2S2+. The maximum absolute atomic E-state index is 13.9. The van der Waals surface area contributed by atoms with E-state index in [2.05, 4.69) is 0 Å². The quantitative estimate of drug-likeness (QED) is 0.483. The number of benzene rings is 1. The SMILES string of the molecule is CCn1c(=C2SC(=Nc3ccc(Cl)c[n+]3C)N(c3ccccc3)C2=O)sc(=C2C=CC=CN2C)c1=O. The first-order valence-electron chi connectivity index (χ1n) is 11.3. The zero-order chi connectivity index (χ0) is 25.4. The Morgan fingerprint density at radius 2 is 1.86 bits per heavy atom. The molecule has 7 nitrogen and oxygen atoms in total. The van der Waals surface area contributed by atoms with Crippen LogP contribution in [0.4, 0.5) is 11.5 Å². The number of pyridine rings is 1. The topological polar surface area (TPSA) is 61.8 Å². The predicted molar refractivity (Wildman–Crippen MR) is 148 cm³/mol. The van der Waals surface area contributed by atoms with Gasteiger partial charge in [0, 0.05) is 25.9 Å². The Kier molecular flexibility index (Phi) is 6.70. The highest BCUT2D eigenvalue weighted by atomic mass is 35.5. The summed E-state index contributed by atoms with van der Waals surface area (Å²) < 4.78 is 4.70. The molecule has 0 atom stereocenters. The van der Waals surface area contributed by atoms with Gasteiger partial charge in [0.2, 0.25) is 0 Å². The summed E-state index contributed by atoms with van der Waals surface area (Å²) in [5, 5.41) is 1.10. The Labute approximate surface area is 221 Å². The third-order valence-electron chi connectivity index (χ3n) is 5.76. The van der Waals surface area contributed by atoms with Gasteiger partial charge in [-0.15, -0.1) is 11.3 Å². The summed E-state index contributed by atoms with van der Waals surface area (Å²) in [6, 6.07) is 13.0. The van der Waals surface area contributed by atoms with Gasteiger partial charge in [0.1, 0.15) is 20.3 Å². The minimum Gasteiger partial charge on any atom is -0.350 e. The molecule has 0 spiro atoms. The number of allylic oxidation sites excluding steroid dienone is 2. The third kappa shape index (κ3) is 4.34. The number of aryl methyl sites for hydroxylation is 1. The molecule has 2 aliphatic rings. The Morgan fingerprint density at radius 3 is 2.56 bits per heavy atom. The molecule has 3 aromatic rings. The molecule has 5 rings (SSSR count). The number of aliphatic imine (C=N–C) groups is 1. The van der Waals surface area contributed by atoms with Gasteiger partial charge in [0.15, 0.2) is 0 Å². The highest BCUT2D eigenvalue weighted by Crippen LogP contribution is 2.36.